The Kier molecular flexibility index (Phi) is 6.67. The Hall–Kier alpha value is -4.17. The third-order valence-electron chi connectivity index (χ3n) is 7.06. The number of carbonyl (C=O) groups is 1. The minimum Gasteiger partial charge on any atom is -0.494 e. The fourth-order valence-electron chi connectivity index (χ4n) is 5.08. The number of benzene rings is 2. The Morgan fingerprint density at radius 2 is 1.81 bits per heavy atom. The van der Waals surface area contributed by atoms with Crippen molar-refractivity contribution in [1.82, 2.24) is 14.5 Å². The lowest BCUT2D eigenvalue weighted by molar-refractivity contribution is 0.0933. The SMILES string of the molecule is CC(=O)n1c(O)c(C(=Nc2ccc(N3CCC(N(C)C)CC3)nc2)c2ccccc2)c2ccc(N)cc21. The van der Waals surface area contributed by atoms with Crippen molar-refractivity contribution >= 4 is 39.7 Å². The minimum absolute atomic E-state index is 0.163. The van der Waals surface area contributed by atoms with E-state index in [2.05, 4.69) is 23.9 Å². The number of aliphatic imine (C=N–C) groups is 1. The molecule has 0 atom stereocenters. The Morgan fingerprint density at radius 1 is 1.08 bits per heavy atom. The van der Waals surface area contributed by atoms with E-state index < -0.39 is 0 Å². The van der Waals surface area contributed by atoms with Crippen LogP contribution in [-0.2, 0) is 0 Å². The number of rotatable bonds is 5. The molecule has 2 aromatic carbocycles. The second-order valence-corrected chi connectivity index (χ2v) is 9.71. The fraction of sp³-hybridized carbons (Fsp3) is 0.276. The number of pyridine rings is 1. The van der Waals surface area contributed by atoms with Gasteiger partial charge in [0.1, 0.15) is 5.82 Å². The Bertz CT molecular complexity index is 1450. The van der Waals surface area contributed by atoms with Gasteiger partial charge in [-0.15, -0.1) is 0 Å². The molecule has 4 aromatic rings. The normalized spacial score (nSPS) is 15.0. The molecule has 1 aliphatic heterocycles. The molecule has 0 saturated carbocycles. The van der Waals surface area contributed by atoms with Crippen LogP contribution in [0, 0.1) is 0 Å². The third-order valence-corrected chi connectivity index (χ3v) is 7.06. The molecule has 190 valence electrons. The summed E-state index contributed by atoms with van der Waals surface area (Å²) in [6.07, 6.45) is 3.98. The van der Waals surface area contributed by atoms with Crippen molar-refractivity contribution in [3.8, 4) is 5.88 Å². The van der Waals surface area contributed by atoms with E-state index in [4.69, 9.17) is 15.7 Å². The van der Waals surface area contributed by atoms with Gasteiger partial charge in [0, 0.05) is 42.7 Å². The van der Waals surface area contributed by atoms with E-state index in [0.717, 1.165) is 37.3 Å². The van der Waals surface area contributed by atoms with Crippen LogP contribution in [-0.4, -0.2) is 64.4 Å². The Labute approximate surface area is 216 Å². The average Bonchev–Trinajstić information content (AvgIpc) is 3.19. The molecule has 5 rings (SSSR count). The van der Waals surface area contributed by atoms with Gasteiger partial charge in [-0.3, -0.25) is 9.36 Å². The Balaban J connectivity index is 1.57. The molecule has 3 N–H and O–H groups in total. The lowest BCUT2D eigenvalue weighted by Gasteiger charge is -2.35. The van der Waals surface area contributed by atoms with Crippen molar-refractivity contribution in [2.45, 2.75) is 25.8 Å². The number of carbonyl (C=O) groups excluding carboxylic acids is 1. The first-order valence-corrected chi connectivity index (χ1v) is 12.5. The molecule has 8 nitrogen and oxygen atoms in total. The lowest BCUT2D eigenvalue weighted by atomic mass is 10.0. The number of nitrogens with zero attached hydrogens (tertiary/aromatic N) is 5. The van der Waals surface area contributed by atoms with Crippen LogP contribution in [0.2, 0.25) is 0 Å². The van der Waals surface area contributed by atoms with Crippen LogP contribution in [0.15, 0.2) is 71.9 Å². The molecule has 0 unspecified atom stereocenters. The maximum atomic E-state index is 12.5. The maximum Gasteiger partial charge on any atom is 0.230 e. The second kappa shape index (κ2) is 10.1. The standard InChI is InChI=1S/C29H32N6O2/c1-19(36)35-25-17-21(30)9-11-24(25)27(29(35)37)28(20-7-5-4-6-8-20)32-22-10-12-26(31-18-22)34-15-13-23(14-16-34)33(2)3/h4-12,17-18,23,37H,13-16,30H2,1-3H3. The molecule has 8 heteroatoms. The summed E-state index contributed by atoms with van der Waals surface area (Å²) in [5.74, 6) is 0.462. The van der Waals surface area contributed by atoms with E-state index >= 15 is 0 Å². The lowest BCUT2D eigenvalue weighted by Crippen LogP contribution is -2.42. The zero-order valence-electron chi connectivity index (χ0n) is 21.4. The molecule has 2 aromatic heterocycles. The summed E-state index contributed by atoms with van der Waals surface area (Å²) < 4.78 is 1.28. The van der Waals surface area contributed by atoms with E-state index in [1.54, 1.807) is 18.3 Å². The zero-order valence-corrected chi connectivity index (χ0v) is 21.4. The molecule has 1 aliphatic rings. The van der Waals surface area contributed by atoms with Crippen molar-refractivity contribution < 1.29 is 9.90 Å². The molecule has 0 aliphatic carbocycles. The summed E-state index contributed by atoms with van der Waals surface area (Å²) in [7, 11) is 4.27. The molecule has 1 saturated heterocycles. The molecule has 3 heterocycles. The smallest absolute Gasteiger partial charge is 0.230 e. The molecule has 0 bridgehead atoms. The molecule has 0 amide bonds. The van der Waals surface area contributed by atoms with Crippen LogP contribution in [0.4, 0.5) is 17.2 Å². The molecule has 0 spiro atoms. The predicted octanol–water partition coefficient (Wildman–Crippen LogP) is 4.68. The summed E-state index contributed by atoms with van der Waals surface area (Å²) in [4.78, 5) is 26.7. The molecule has 37 heavy (non-hydrogen) atoms. The van der Waals surface area contributed by atoms with Crippen molar-refractivity contribution in [1.29, 1.82) is 0 Å². The monoisotopic (exact) mass is 496 g/mol. The van der Waals surface area contributed by atoms with Crippen LogP contribution in [0.1, 0.15) is 35.7 Å². The largest absolute Gasteiger partial charge is 0.494 e. The molecular formula is C29H32N6O2. The third kappa shape index (κ3) is 4.80. The van der Waals surface area contributed by atoms with Gasteiger partial charge in [-0.2, -0.15) is 0 Å². The van der Waals surface area contributed by atoms with Gasteiger partial charge in [0.25, 0.3) is 0 Å². The van der Waals surface area contributed by atoms with Crippen LogP contribution < -0.4 is 10.6 Å². The Morgan fingerprint density at radius 3 is 2.43 bits per heavy atom. The highest BCUT2D eigenvalue weighted by Crippen LogP contribution is 2.35. The summed E-state index contributed by atoms with van der Waals surface area (Å²) in [5, 5.41) is 11.9. The van der Waals surface area contributed by atoms with Gasteiger partial charge < -0.3 is 20.6 Å². The minimum atomic E-state index is -0.309. The topological polar surface area (TPSA) is 100.0 Å². The van der Waals surface area contributed by atoms with Gasteiger partial charge >= 0.3 is 0 Å². The van der Waals surface area contributed by atoms with Crippen molar-refractivity contribution in [2.24, 2.45) is 4.99 Å². The number of aromatic nitrogens is 2. The van der Waals surface area contributed by atoms with E-state index in [1.807, 2.05) is 48.5 Å². The first-order chi connectivity index (χ1) is 17.8. The van der Waals surface area contributed by atoms with E-state index in [-0.39, 0.29) is 11.8 Å². The number of piperidine rings is 1. The summed E-state index contributed by atoms with van der Waals surface area (Å²) in [5.41, 5.74) is 9.55. The van der Waals surface area contributed by atoms with E-state index in [0.29, 0.717) is 39.6 Å². The van der Waals surface area contributed by atoms with E-state index in [9.17, 15) is 9.90 Å². The van der Waals surface area contributed by atoms with Crippen molar-refractivity contribution in [2.75, 3.05) is 37.8 Å². The zero-order chi connectivity index (χ0) is 26.1. The van der Waals surface area contributed by atoms with Gasteiger partial charge in [-0.1, -0.05) is 30.3 Å². The number of nitrogens with two attached hydrogens (primary N) is 1. The first-order valence-electron chi connectivity index (χ1n) is 12.5. The maximum absolute atomic E-state index is 12.5. The number of nitrogen functional groups attached to an aromatic ring is 1. The van der Waals surface area contributed by atoms with Crippen LogP contribution in [0.3, 0.4) is 0 Å². The first kappa shape index (κ1) is 24.5. The number of hydrogen-bond acceptors (Lipinski definition) is 7. The number of hydrogen-bond donors (Lipinski definition) is 2. The highest BCUT2D eigenvalue weighted by atomic mass is 16.3. The summed E-state index contributed by atoms with van der Waals surface area (Å²) in [6.45, 7) is 3.35. The summed E-state index contributed by atoms with van der Waals surface area (Å²) in [6, 6.07) is 19.4. The molecule has 1 fully saturated rings. The number of aromatic hydroxyl groups is 1. The van der Waals surface area contributed by atoms with Crippen molar-refractivity contribution in [3.63, 3.8) is 0 Å². The number of fused-ring (bicyclic) bond motifs is 1. The van der Waals surface area contributed by atoms with Gasteiger partial charge in [0.15, 0.2) is 0 Å². The number of anilines is 2. The van der Waals surface area contributed by atoms with Gasteiger partial charge in [0.2, 0.25) is 11.8 Å². The predicted molar refractivity (Wildman–Crippen MR) is 149 cm³/mol. The van der Waals surface area contributed by atoms with Gasteiger partial charge in [0.05, 0.1) is 28.7 Å². The summed E-state index contributed by atoms with van der Waals surface area (Å²) >= 11 is 0. The highest BCUT2D eigenvalue weighted by Gasteiger charge is 2.25. The van der Waals surface area contributed by atoms with Crippen LogP contribution >= 0.6 is 0 Å². The fourth-order valence-corrected chi connectivity index (χ4v) is 5.08. The van der Waals surface area contributed by atoms with Gasteiger partial charge in [-0.05, 0) is 57.3 Å². The van der Waals surface area contributed by atoms with Crippen LogP contribution in [0.5, 0.6) is 5.88 Å². The van der Waals surface area contributed by atoms with Gasteiger partial charge in [-0.25, -0.2) is 9.98 Å². The van der Waals surface area contributed by atoms with Crippen LogP contribution in [0.25, 0.3) is 10.9 Å². The molecule has 0 radical (unpaired) electrons. The average molecular weight is 497 g/mol. The molecular weight excluding hydrogens is 464 g/mol. The highest BCUT2D eigenvalue weighted by molar-refractivity contribution is 6.23. The second-order valence-electron chi connectivity index (χ2n) is 9.71. The van der Waals surface area contributed by atoms with E-state index in [1.165, 1.54) is 11.5 Å². The van der Waals surface area contributed by atoms with Crippen molar-refractivity contribution in [3.05, 3.63) is 78.0 Å². The quantitative estimate of drug-likeness (QED) is 0.307.